The van der Waals surface area contributed by atoms with Crippen molar-refractivity contribution in [3.63, 3.8) is 0 Å². The Morgan fingerprint density at radius 2 is 1.87 bits per heavy atom. The lowest BCUT2D eigenvalue weighted by molar-refractivity contribution is -0.111. The lowest BCUT2D eigenvalue weighted by Gasteiger charge is -2.20. The normalized spacial score (nSPS) is 27.9. The summed E-state index contributed by atoms with van der Waals surface area (Å²) < 4.78 is 51.4. The van der Waals surface area contributed by atoms with Gasteiger partial charge in [0, 0.05) is 6.20 Å². The summed E-state index contributed by atoms with van der Waals surface area (Å²) in [5.74, 6) is -0.121. The molecule has 2 rings (SSSR count). The quantitative estimate of drug-likeness (QED) is 0.127. The predicted molar refractivity (Wildman–Crippen MR) is 95.6 cm³/mol. The third kappa shape index (κ3) is 7.25. The highest BCUT2D eigenvalue weighted by Crippen LogP contribution is 2.66. The van der Waals surface area contributed by atoms with Crippen LogP contribution in [0.2, 0.25) is 0 Å². The summed E-state index contributed by atoms with van der Waals surface area (Å²) >= 11 is 0. The first-order chi connectivity index (χ1) is 14.1. The molecule has 1 aromatic rings. The molecule has 1 amide bonds. The van der Waals surface area contributed by atoms with Crippen LogP contribution in [-0.4, -0.2) is 65.5 Å². The van der Waals surface area contributed by atoms with E-state index in [2.05, 4.69) is 23.4 Å². The smallest absolute Gasteiger partial charge is 0.388 e. The van der Waals surface area contributed by atoms with E-state index in [4.69, 9.17) is 25.2 Å². The fourth-order valence-corrected chi connectivity index (χ4v) is 5.50. The number of amides is 1. The number of hydrogen-bond acceptors (Lipinski definition) is 12. The zero-order valence-electron chi connectivity index (χ0n) is 15.0. The average Bonchev–Trinajstić information content (AvgIpc) is 2.86. The number of nitrogens with zero attached hydrogens (tertiary/aromatic N) is 2. The Labute approximate surface area is 172 Å². The molecule has 8 N–H and O–H groups in total. The molecule has 21 heteroatoms. The minimum absolute atomic E-state index is 0.121. The lowest BCUT2D eigenvalue weighted by atomic mass is 10.1. The van der Waals surface area contributed by atoms with Crippen molar-refractivity contribution in [2.45, 2.75) is 24.5 Å². The van der Waals surface area contributed by atoms with Crippen LogP contribution in [0.3, 0.4) is 0 Å². The maximum Gasteiger partial charge on any atom is 0.490 e. The molecular formula is C10H17N4O14P3. The van der Waals surface area contributed by atoms with Crippen molar-refractivity contribution in [3.8, 4) is 0 Å². The largest absolute Gasteiger partial charge is 0.490 e. The summed E-state index contributed by atoms with van der Waals surface area (Å²) in [7, 11) is -16.8. The van der Waals surface area contributed by atoms with E-state index >= 15 is 0 Å². The van der Waals surface area contributed by atoms with Crippen molar-refractivity contribution in [2.24, 2.45) is 0 Å². The summed E-state index contributed by atoms with van der Waals surface area (Å²) in [5.41, 5.74) is 4.46. The van der Waals surface area contributed by atoms with Crippen LogP contribution in [0.1, 0.15) is 6.23 Å². The third-order valence-corrected chi connectivity index (χ3v) is 7.38. The number of phosphoric ester groups is 1. The van der Waals surface area contributed by atoms with E-state index in [0.29, 0.717) is 0 Å². The highest BCUT2D eigenvalue weighted by molar-refractivity contribution is 7.66. The zero-order chi connectivity index (χ0) is 23.6. The first-order valence-corrected chi connectivity index (χ1v) is 12.3. The van der Waals surface area contributed by atoms with Gasteiger partial charge in [0.15, 0.2) is 6.23 Å². The fourth-order valence-electron chi connectivity index (χ4n) is 2.47. The van der Waals surface area contributed by atoms with Crippen LogP contribution in [0.15, 0.2) is 17.1 Å². The van der Waals surface area contributed by atoms with Gasteiger partial charge in [-0.15, -0.1) is 0 Å². The molecule has 0 aromatic carbocycles. The monoisotopic (exact) mass is 510 g/mol. The van der Waals surface area contributed by atoms with Crippen LogP contribution < -0.4 is 16.7 Å². The Balaban J connectivity index is 2.13. The molecule has 1 aliphatic heterocycles. The molecule has 6 atom stereocenters. The van der Waals surface area contributed by atoms with Gasteiger partial charge in [0.25, 0.3) is 0 Å². The van der Waals surface area contributed by atoms with Crippen molar-refractivity contribution >= 4 is 35.7 Å². The highest BCUT2D eigenvalue weighted by atomic mass is 31.3. The number of nitrogen functional groups attached to an aromatic ring is 1. The van der Waals surface area contributed by atoms with E-state index in [0.717, 1.165) is 10.8 Å². The highest BCUT2D eigenvalue weighted by Gasteiger charge is 2.47. The molecular weight excluding hydrogens is 493 g/mol. The fraction of sp³-hybridized carbons (Fsp3) is 0.500. The molecule has 31 heavy (non-hydrogen) atoms. The molecule has 1 aliphatic rings. The van der Waals surface area contributed by atoms with E-state index in [1.165, 1.54) is 6.07 Å². The summed E-state index contributed by atoms with van der Waals surface area (Å²) in [6.45, 7) is -1.00. The molecule has 176 valence electrons. The number of hydrogen-bond donors (Lipinski definition) is 7. The molecule has 0 radical (unpaired) electrons. The van der Waals surface area contributed by atoms with Gasteiger partial charge in [0.2, 0.25) is 6.41 Å². The number of carbonyl (C=O) groups excluding carboxylic acids is 1. The molecule has 1 aromatic heterocycles. The average molecular weight is 510 g/mol. The van der Waals surface area contributed by atoms with E-state index in [-0.39, 0.29) is 12.2 Å². The van der Waals surface area contributed by atoms with Gasteiger partial charge in [-0.3, -0.25) is 13.9 Å². The van der Waals surface area contributed by atoms with E-state index < -0.39 is 60.2 Å². The van der Waals surface area contributed by atoms with Gasteiger partial charge in [-0.1, -0.05) is 0 Å². The van der Waals surface area contributed by atoms with Gasteiger partial charge in [-0.05, 0) is 6.07 Å². The summed E-state index contributed by atoms with van der Waals surface area (Å²) in [6, 6.07) is -0.0516. The van der Waals surface area contributed by atoms with Gasteiger partial charge < -0.3 is 40.5 Å². The number of ether oxygens (including phenoxy) is 1. The van der Waals surface area contributed by atoms with Gasteiger partial charge in [0.05, 0.1) is 6.61 Å². The number of aliphatic hydroxyl groups is 1. The van der Waals surface area contributed by atoms with Crippen molar-refractivity contribution in [1.82, 2.24) is 14.9 Å². The Morgan fingerprint density at radius 3 is 2.42 bits per heavy atom. The second-order valence-corrected chi connectivity index (χ2v) is 10.2. The molecule has 0 saturated carbocycles. The molecule has 2 unspecified atom stereocenters. The molecule has 1 fully saturated rings. The Morgan fingerprint density at radius 1 is 1.23 bits per heavy atom. The van der Waals surface area contributed by atoms with Gasteiger partial charge in [0.1, 0.15) is 24.1 Å². The van der Waals surface area contributed by atoms with Crippen LogP contribution in [0.4, 0.5) is 5.82 Å². The van der Waals surface area contributed by atoms with Crippen molar-refractivity contribution in [2.75, 3.05) is 12.3 Å². The number of aromatic nitrogens is 2. The zero-order valence-corrected chi connectivity index (χ0v) is 17.7. The number of nitrogens with one attached hydrogen (secondary N) is 1. The molecule has 1 saturated heterocycles. The number of carbonyl (C=O) groups is 1. The number of phosphoric acid groups is 3. The lowest BCUT2D eigenvalue weighted by Crippen LogP contribution is -2.45. The molecule has 2 heterocycles. The number of rotatable bonds is 10. The maximum atomic E-state index is 12.0. The van der Waals surface area contributed by atoms with E-state index in [1.54, 1.807) is 0 Å². The minimum atomic E-state index is -5.73. The third-order valence-electron chi connectivity index (χ3n) is 3.57. The summed E-state index contributed by atoms with van der Waals surface area (Å²) in [5, 5.41) is 12.5. The van der Waals surface area contributed by atoms with Crippen molar-refractivity contribution in [3.05, 3.63) is 22.7 Å². The Kier molecular flexibility index (Phi) is 7.92. The molecule has 0 aliphatic carbocycles. The van der Waals surface area contributed by atoms with Gasteiger partial charge in [-0.25, -0.2) is 18.5 Å². The second-order valence-electron chi connectivity index (χ2n) is 5.79. The molecule has 18 nitrogen and oxygen atoms in total. The van der Waals surface area contributed by atoms with Crippen molar-refractivity contribution in [1.29, 1.82) is 0 Å². The van der Waals surface area contributed by atoms with Gasteiger partial charge in [-0.2, -0.15) is 13.6 Å². The second kappa shape index (κ2) is 9.54. The van der Waals surface area contributed by atoms with Crippen LogP contribution in [0.25, 0.3) is 0 Å². The van der Waals surface area contributed by atoms with Crippen LogP contribution in [0.5, 0.6) is 0 Å². The summed E-state index contributed by atoms with van der Waals surface area (Å²) in [6.07, 6.45) is -3.17. The Bertz CT molecular complexity index is 1010. The van der Waals surface area contributed by atoms with Gasteiger partial charge >= 0.3 is 29.2 Å². The summed E-state index contributed by atoms with van der Waals surface area (Å²) in [4.78, 5) is 61.8. The first-order valence-electron chi connectivity index (χ1n) is 7.80. The van der Waals surface area contributed by atoms with Crippen LogP contribution >= 0.6 is 23.5 Å². The molecule has 0 spiro atoms. The Hall–Kier alpha value is -1.52. The standard InChI is InChI=1S/C10H17N4O14P3/c11-6-1-2-14(10(17)13-6)9-7(12-4-15)8(16)5(26-9)3-25-30(21,22)28-31(23,24)27-29(18,19)20/h1-2,4-5,7-9,16H,3H2,(H,12,15)(H,21,22)(H,23,24)(H2,11,13,17)(H2,18,19,20)/t5-,7-,8-,9-/m1/s1. The first kappa shape index (κ1) is 25.7. The van der Waals surface area contributed by atoms with Crippen molar-refractivity contribution < 1.29 is 61.1 Å². The van der Waals surface area contributed by atoms with E-state index in [1.807, 2.05) is 0 Å². The minimum Gasteiger partial charge on any atom is -0.388 e. The SMILES string of the molecule is Nc1ccn([C@@H]2O[C@H](COP(=O)(O)OP(=O)(O)OP(=O)(O)O)[C@@H](O)[C@H]2NC=O)c(=O)n1. The predicted octanol–water partition coefficient (Wildman–Crippen LogP) is -2.46. The van der Waals surface area contributed by atoms with Crippen LogP contribution in [0, 0.1) is 0 Å². The number of anilines is 1. The van der Waals surface area contributed by atoms with E-state index in [9.17, 15) is 33.3 Å². The number of aliphatic hydroxyl groups excluding tert-OH is 1. The number of nitrogens with two attached hydrogens (primary N) is 1. The topological polar surface area (TPSA) is 279 Å². The van der Waals surface area contributed by atoms with Crippen LogP contribution in [-0.2, 0) is 36.4 Å². The maximum absolute atomic E-state index is 12.0. The molecule has 0 bridgehead atoms.